The Hall–Kier alpha value is -1.43. The number of cyclic esters (lactones) is 1. The van der Waals surface area contributed by atoms with Crippen LogP contribution in [0.3, 0.4) is 0 Å². The van der Waals surface area contributed by atoms with Crippen LogP contribution in [0.5, 0.6) is 0 Å². The van der Waals surface area contributed by atoms with Crippen molar-refractivity contribution in [3.05, 3.63) is 11.7 Å². The van der Waals surface area contributed by atoms with Crippen LogP contribution in [0.4, 0.5) is 5.00 Å². The van der Waals surface area contributed by atoms with Crippen LogP contribution in [-0.2, 0) is 14.3 Å². The number of rotatable bonds is 2. The maximum Gasteiger partial charge on any atom is 0.306 e. The summed E-state index contributed by atoms with van der Waals surface area (Å²) in [6, 6.07) is 0. The van der Waals surface area contributed by atoms with E-state index in [0.717, 1.165) is 0 Å². The summed E-state index contributed by atoms with van der Waals surface area (Å²) >= 11 is 1.33. The Balaban J connectivity index is 1.93. The molecule has 0 unspecified atom stereocenters. The van der Waals surface area contributed by atoms with Gasteiger partial charge in [0.05, 0.1) is 11.7 Å². The van der Waals surface area contributed by atoms with E-state index in [1.54, 1.807) is 11.7 Å². The molecule has 0 spiro atoms. The molecule has 1 aromatic heterocycles. The number of hydrogen-bond acceptors (Lipinski definition) is 5. The second-order valence-electron chi connectivity index (χ2n) is 2.87. The van der Waals surface area contributed by atoms with E-state index in [9.17, 15) is 9.59 Å². The molecule has 1 aliphatic heterocycles. The van der Waals surface area contributed by atoms with Gasteiger partial charge in [-0.05, 0) is 0 Å². The van der Waals surface area contributed by atoms with E-state index in [4.69, 9.17) is 4.74 Å². The lowest BCUT2D eigenvalue weighted by Gasteiger charge is -2.07. The molecule has 0 radical (unpaired) electrons. The van der Waals surface area contributed by atoms with Gasteiger partial charge in [0.25, 0.3) is 5.91 Å². The molecular formula is C8H8N2O3S. The first kappa shape index (κ1) is 9.14. The van der Waals surface area contributed by atoms with Gasteiger partial charge in [0.15, 0.2) is 6.10 Å². The maximum absolute atomic E-state index is 11.4. The third kappa shape index (κ3) is 1.90. The number of hydrogen-bond donors (Lipinski definition) is 1. The number of anilines is 1. The van der Waals surface area contributed by atoms with E-state index in [1.165, 1.54) is 11.3 Å². The molecule has 2 rings (SSSR count). The average molecular weight is 212 g/mol. The van der Waals surface area contributed by atoms with Crippen molar-refractivity contribution >= 4 is 28.2 Å². The Kier molecular flexibility index (Phi) is 2.45. The van der Waals surface area contributed by atoms with E-state index >= 15 is 0 Å². The summed E-state index contributed by atoms with van der Waals surface area (Å²) in [6.45, 7) is 0. The molecule has 1 aliphatic rings. The molecule has 1 fully saturated rings. The standard InChI is InChI=1S/C8H8N2O3S/c11-7-2-1-5(13-7)8(12)10-6-3-9-4-14-6/h3-5H,1-2H2,(H,10,12)/t5-/m1/s1. The van der Waals surface area contributed by atoms with Crippen molar-refractivity contribution in [2.24, 2.45) is 0 Å². The highest BCUT2D eigenvalue weighted by Gasteiger charge is 2.29. The Morgan fingerprint density at radius 3 is 3.14 bits per heavy atom. The molecule has 1 amide bonds. The van der Waals surface area contributed by atoms with Crippen LogP contribution in [0, 0.1) is 0 Å². The Bertz CT molecular complexity index is 349. The summed E-state index contributed by atoms with van der Waals surface area (Å²) in [5.41, 5.74) is 1.62. The van der Waals surface area contributed by atoms with Crippen molar-refractivity contribution in [2.45, 2.75) is 18.9 Å². The van der Waals surface area contributed by atoms with Gasteiger partial charge in [-0.3, -0.25) is 14.6 Å². The fraction of sp³-hybridized carbons (Fsp3) is 0.375. The van der Waals surface area contributed by atoms with Crippen molar-refractivity contribution in [2.75, 3.05) is 5.32 Å². The molecule has 0 aliphatic carbocycles. The minimum Gasteiger partial charge on any atom is -0.452 e. The highest BCUT2D eigenvalue weighted by molar-refractivity contribution is 7.13. The minimum atomic E-state index is -0.635. The first-order valence-electron chi connectivity index (χ1n) is 4.14. The molecule has 0 saturated carbocycles. The third-order valence-corrected chi connectivity index (χ3v) is 2.54. The van der Waals surface area contributed by atoms with Crippen LogP contribution in [0.25, 0.3) is 0 Å². The van der Waals surface area contributed by atoms with Gasteiger partial charge in [0.1, 0.15) is 5.00 Å². The fourth-order valence-corrected chi connectivity index (χ4v) is 1.71. The Labute approximate surface area is 84.1 Å². The number of thiazole rings is 1. The topological polar surface area (TPSA) is 68.3 Å². The van der Waals surface area contributed by atoms with E-state index in [2.05, 4.69) is 10.3 Å². The van der Waals surface area contributed by atoms with Gasteiger partial charge in [-0.1, -0.05) is 0 Å². The Morgan fingerprint density at radius 2 is 2.57 bits per heavy atom. The van der Waals surface area contributed by atoms with E-state index in [0.29, 0.717) is 17.8 Å². The molecule has 1 N–H and O–H groups in total. The SMILES string of the molecule is O=C1CC[C@H](C(=O)Nc2cncs2)O1. The molecule has 1 saturated heterocycles. The average Bonchev–Trinajstić information content (AvgIpc) is 2.75. The predicted molar refractivity (Wildman–Crippen MR) is 49.9 cm³/mol. The molecule has 6 heteroatoms. The normalized spacial score (nSPS) is 20.6. The molecule has 74 valence electrons. The number of amides is 1. The van der Waals surface area contributed by atoms with Gasteiger partial charge in [-0.25, -0.2) is 0 Å². The summed E-state index contributed by atoms with van der Waals surface area (Å²) in [5, 5.41) is 3.29. The van der Waals surface area contributed by atoms with Crippen LogP contribution >= 0.6 is 11.3 Å². The highest BCUT2D eigenvalue weighted by Crippen LogP contribution is 2.18. The van der Waals surface area contributed by atoms with E-state index in [-0.39, 0.29) is 11.9 Å². The minimum absolute atomic E-state index is 0.278. The van der Waals surface area contributed by atoms with E-state index in [1.807, 2.05) is 0 Å². The number of ether oxygens (including phenoxy) is 1. The molecule has 1 aromatic rings. The number of esters is 1. The molecule has 0 aromatic carbocycles. The van der Waals surface area contributed by atoms with Gasteiger partial charge in [-0.2, -0.15) is 0 Å². The predicted octanol–water partition coefficient (Wildman–Crippen LogP) is 0.787. The second-order valence-corrected chi connectivity index (χ2v) is 3.76. The van der Waals surface area contributed by atoms with Gasteiger partial charge in [0.2, 0.25) is 0 Å². The molecule has 2 heterocycles. The number of nitrogens with zero attached hydrogens (tertiary/aromatic N) is 1. The van der Waals surface area contributed by atoms with Gasteiger partial charge in [0, 0.05) is 12.8 Å². The maximum atomic E-state index is 11.4. The smallest absolute Gasteiger partial charge is 0.306 e. The van der Waals surface area contributed by atoms with Crippen molar-refractivity contribution in [3.8, 4) is 0 Å². The van der Waals surface area contributed by atoms with E-state index < -0.39 is 6.10 Å². The van der Waals surface area contributed by atoms with Gasteiger partial charge < -0.3 is 10.1 Å². The fourth-order valence-electron chi connectivity index (χ4n) is 1.19. The van der Waals surface area contributed by atoms with Crippen molar-refractivity contribution in [3.63, 3.8) is 0 Å². The van der Waals surface area contributed by atoms with Crippen molar-refractivity contribution < 1.29 is 14.3 Å². The second kappa shape index (κ2) is 3.75. The summed E-state index contributed by atoms with van der Waals surface area (Å²) in [4.78, 5) is 26.0. The number of carbonyl (C=O) groups is 2. The van der Waals surface area contributed by atoms with Crippen molar-refractivity contribution in [1.82, 2.24) is 4.98 Å². The molecule has 5 nitrogen and oxygen atoms in total. The van der Waals surface area contributed by atoms with Crippen LogP contribution in [0.1, 0.15) is 12.8 Å². The molecule has 1 atom stereocenters. The van der Waals surface area contributed by atoms with Gasteiger partial charge in [-0.15, -0.1) is 11.3 Å². The molecular weight excluding hydrogens is 204 g/mol. The summed E-state index contributed by atoms with van der Waals surface area (Å²) in [7, 11) is 0. The summed E-state index contributed by atoms with van der Waals surface area (Å²) < 4.78 is 4.81. The lowest BCUT2D eigenvalue weighted by atomic mass is 10.2. The Morgan fingerprint density at radius 1 is 1.71 bits per heavy atom. The highest BCUT2D eigenvalue weighted by atomic mass is 32.1. The van der Waals surface area contributed by atoms with Crippen LogP contribution in [0.15, 0.2) is 11.7 Å². The number of nitrogens with one attached hydrogen (secondary N) is 1. The quantitative estimate of drug-likeness (QED) is 0.736. The van der Waals surface area contributed by atoms with Crippen molar-refractivity contribution in [1.29, 1.82) is 0 Å². The third-order valence-electron chi connectivity index (χ3n) is 1.86. The van der Waals surface area contributed by atoms with Crippen LogP contribution in [0.2, 0.25) is 0 Å². The number of aromatic nitrogens is 1. The molecule has 14 heavy (non-hydrogen) atoms. The lowest BCUT2D eigenvalue weighted by Crippen LogP contribution is -2.26. The van der Waals surface area contributed by atoms with Crippen LogP contribution < -0.4 is 5.32 Å². The lowest BCUT2D eigenvalue weighted by molar-refractivity contribution is -0.146. The van der Waals surface area contributed by atoms with Gasteiger partial charge >= 0.3 is 5.97 Å². The first-order valence-corrected chi connectivity index (χ1v) is 5.02. The largest absolute Gasteiger partial charge is 0.452 e. The first-order chi connectivity index (χ1) is 6.75. The monoisotopic (exact) mass is 212 g/mol. The van der Waals surface area contributed by atoms with Crippen LogP contribution in [-0.4, -0.2) is 23.0 Å². The molecule has 0 bridgehead atoms. The zero-order chi connectivity index (χ0) is 9.97. The zero-order valence-corrected chi connectivity index (χ0v) is 8.04. The summed E-state index contributed by atoms with van der Waals surface area (Å²) in [6.07, 6.45) is 1.70. The number of carbonyl (C=O) groups excluding carboxylic acids is 2. The zero-order valence-electron chi connectivity index (χ0n) is 7.23. The summed E-state index contributed by atoms with van der Waals surface area (Å²) in [5.74, 6) is -0.588.